The van der Waals surface area contributed by atoms with Gasteiger partial charge in [-0.05, 0) is 24.1 Å². The predicted molar refractivity (Wildman–Crippen MR) is 66.2 cm³/mol. The average molecular weight is 283 g/mol. The third kappa shape index (κ3) is 3.48. The van der Waals surface area contributed by atoms with Gasteiger partial charge in [0, 0.05) is 13.2 Å². The van der Waals surface area contributed by atoms with Gasteiger partial charge in [0.1, 0.15) is 5.75 Å². The zero-order chi connectivity index (χ0) is 14.5. The number of pyridine rings is 1. The van der Waals surface area contributed by atoms with Gasteiger partial charge < -0.3 is 9.47 Å². The molecule has 0 radical (unpaired) electrons. The van der Waals surface area contributed by atoms with Gasteiger partial charge in [-0.15, -0.1) is 0 Å². The van der Waals surface area contributed by atoms with Gasteiger partial charge in [-0.3, -0.25) is 0 Å². The standard InChI is InChI=1S/C14H12F3NO2/c1-19-7-6-9-2-4-10(5-3-9)20-14-12(16)8-11(15)13(17)18-14/h2-5,8H,6-7H2,1H3. The molecule has 0 aliphatic carbocycles. The maximum absolute atomic E-state index is 13.4. The molecule has 0 fully saturated rings. The minimum Gasteiger partial charge on any atom is -0.436 e. The highest BCUT2D eigenvalue weighted by molar-refractivity contribution is 5.31. The number of nitrogens with zero attached hydrogens (tertiary/aromatic N) is 1. The fraction of sp³-hybridized carbons (Fsp3) is 0.214. The monoisotopic (exact) mass is 283 g/mol. The Balaban J connectivity index is 2.12. The molecule has 6 heteroatoms. The van der Waals surface area contributed by atoms with Gasteiger partial charge in [-0.2, -0.15) is 9.37 Å². The van der Waals surface area contributed by atoms with E-state index in [9.17, 15) is 13.2 Å². The minimum absolute atomic E-state index is 0.281. The first-order chi connectivity index (χ1) is 9.60. The number of rotatable bonds is 5. The van der Waals surface area contributed by atoms with Crippen LogP contribution in [-0.4, -0.2) is 18.7 Å². The number of methoxy groups -OCH3 is 1. The quantitative estimate of drug-likeness (QED) is 0.787. The molecular weight excluding hydrogens is 271 g/mol. The Kier molecular flexibility index (Phi) is 4.57. The highest BCUT2D eigenvalue weighted by atomic mass is 19.2. The predicted octanol–water partition coefficient (Wildman–Crippen LogP) is 3.48. The van der Waals surface area contributed by atoms with Crippen LogP contribution in [-0.2, 0) is 11.2 Å². The van der Waals surface area contributed by atoms with Crippen LogP contribution in [0.3, 0.4) is 0 Å². The first-order valence-electron chi connectivity index (χ1n) is 5.87. The van der Waals surface area contributed by atoms with Crippen LogP contribution in [0, 0.1) is 17.6 Å². The summed E-state index contributed by atoms with van der Waals surface area (Å²) in [7, 11) is 1.61. The molecule has 0 unspecified atom stereocenters. The Morgan fingerprint density at radius 3 is 2.40 bits per heavy atom. The van der Waals surface area contributed by atoms with E-state index in [1.807, 2.05) is 0 Å². The molecular formula is C14H12F3NO2. The van der Waals surface area contributed by atoms with Crippen molar-refractivity contribution in [3.8, 4) is 11.6 Å². The van der Waals surface area contributed by atoms with Crippen LogP contribution >= 0.6 is 0 Å². The Hall–Kier alpha value is -2.08. The number of ether oxygens (including phenoxy) is 2. The van der Waals surface area contributed by atoms with Gasteiger partial charge in [0.25, 0.3) is 11.8 Å². The Bertz CT molecular complexity index is 588. The van der Waals surface area contributed by atoms with Crippen molar-refractivity contribution in [2.75, 3.05) is 13.7 Å². The molecule has 0 atom stereocenters. The van der Waals surface area contributed by atoms with Crippen LogP contribution in [0.15, 0.2) is 30.3 Å². The summed E-state index contributed by atoms with van der Waals surface area (Å²) >= 11 is 0. The summed E-state index contributed by atoms with van der Waals surface area (Å²) in [6, 6.07) is 7.11. The first-order valence-corrected chi connectivity index (χ1v) is 5.87. The van der Waals surface area contributed by atoms with E-state index in [0.29, 0.717) is 12.7 Å². The molecule has 0 amide bonds. The van der Waals surface area contributed by atoms with E-state index in [-0.39, 0.29) is 5.75 Å². The molecule has 0 saturated heterocycles. The van der Waals surface area contributed by atoms with Crippen molar-refractivity contribution in [2.45, 2.75) is 6.42 Å². The number of benzene rings is 1. The summed E-state index contributed by atoms with van der Waals surface area (Å²) in [5, 5.41) is 0. The molecule has 3 nitrogen and oxygen atoms in total. The zero-order valence-electron chi connectivity index (χ0n) is 10.7. The smallest absolute Gasteiger partial charge is 0.258 e. The molecule has 0 bridgehead atoms. The van der Waals surface area contributed by atoms with Crippen LogP contribution in [0.4, 0.5) is 13.2 Å². The molecule has 2 rings (SSSR count). The van der Waals surface area contributed by atoms with E-state index >= 15 is 0 Å². The molecule has 1 heterocycles. The Morgan fingerprint density at radius 2 is 1.75 bits per heavy atom. The molecule has 1 aromatic carbocycles. The summed E-state index contributed by atoms with van der Waals surface area (Å²) in [5.74, 6) is -4.15. The van der Waals surface area contributed by atoms with Gasteiger partial charge in [0.05, 0.1) is 6.61 Å². The van der Waals surface area contributed by atoms with Gasteiger partial charge >= 0.3 is 0 Å². The molecule has 106 valence electrons. The Labute approximate surface area is 114 Å². The van der Waals surface area contributed by atoms with Crippen molar-refractivity contribution in [1.82, 2.24) is 4.98 Å². The van der Waals surface area contributed by atoms with Crippen LogP contribution in [0.5, 0.6) is 11.6 Å². The second-order valence-corrected chi connectivity index (χ2v) is 4.04. The summed E-state index contributed by atoms with van der Waals surface area (Å²) in [6.07, 6.45) is 0.731. The largest absolute Gasteiger partial charge is 0.436 e. The van der Waals surface area contributed by atoms with Gasteiger partial charge in [-0.1, -0.05) is 12.1 Å². The topological polar surface area (TPSA) is 31.4 Å². The van der Waals surface area contributed by atoms with Crippen LogP contribution in [0.1, 0.15) is 5.56 Å². The van der Waals surface area contributed by atoms with Crippen LogP contribution < -0.4 is 4.74 Å². The van der Waals surface area contributed by atoms with E-state index in [0.717, 1.165) is 12.0 Å². The third-order valence-corrected chi connectivity index (χ3v) is 2.59. The summed E-state index contributed by atoms with van der Waals surface area (Å²) in [5.41, 5.74) is 1.01. The lowest BCUT2D eigenvalue weighted by molar-refractivity contribution is 0.202. The van der Waals surface area contributed by atoms with Crippen molar-refractivity contribution in [1.29, 1.82) is 0 Å². The summed E-state index contributed by atoms with van der Waals surface area (Å²) in [6.45, 7) is 0.583. The lowest BCUT2D eigenvalue weighted by Crippen LogP contribution is -1.98. The minimum atomic E-state index is -1.40. The molecule has 0 spiro atoms. The second kappa shape index (κ2) is 6.38. The number of hydrogen-bond donors (Lipinski definition) is 0. The normalized spacial score (nSPS) is 10.6. The molecule has 0 aliphatic rings. The van der Waals surface area contributed by atoms with Gasteiger partial charge in [-0.25, -0.2) is 8.78 Å². The van der Waals surface area contributed by atoms with Crippen molar-refractivity contribution < 1.29 is 22.6 Å². The molecule has 0 saturated carbocycles. The van der Waals surface area contributed by atoms with E-state index in [1.54, 1.807) is 31.4 Å². The van der Waals surface area contributed by atoms with E-state index in [2.05, 4.69) is 4.98 Å². The number of aromatic nitrogens is 1. The molecule has 1 aromatic heterocycles. The molecule has 0 aliphatic heterocycles. The summed E-state index contributed by atoms with van der Waals surface area (Å²) in [4.78, 5) is 3.08. The van der Waals surface area contributed by atoms with E-state index < -0.39 is 23.5 Å². The fourth-order valence-electron chi connectivity index (χ4n) is 1.56. The van der Waals surface area contributed by atoms with Crippen LogP contribution in [0.25, 0.3) is 0 Å². The summed E-state index contributed by atoms with van der Waals surface area (Å²) < 4.78 is 49.0. The first kappa shape index (κ1) is 14.3. The average Bonchev–Trinajstić information content (AvgIpc) is 2.44. The lowest BCUT2D eigenvalue weighted by Gasteiger charge is -2.07. The van der Waals surface area contributed by atoms with Crippen molar-refractivity contribution >= 4 is 0 Å². The maximum atomic E-state index is 13.4. The van der Waals surface area contributed by atoms with Crippen molar-refractivity contribution in [3.05, 3.63) is 53.5 Å². The number of halogens is 3. The van der Waals surface area contributed by atoms with Crippen molar-refractivity contribution in [3.63, 3.8) is 0 Å². The highest BCUT2D eigenvalue weighted by Gasteiger charge is 2.13. The number of hydrogen-bond acceptors (Lipinski definition) is 3. The fourth-order valence-corrected chi connectivity index (χ4v) is 1.56. The second-order valence-electron chi connectivity index (χ2n) is 4.04. The van der Waals surface area contributed by atoms with E-state index in [1.165, 1.54) is 0 Å². The SMILES string of the molecule is COCCc1ccc(Oc2nc(F)c(F)cc2F)cc1. The van der Waals surface area contributed by atoms with Gasteiger partial charge in [0.15, 0.2) is 11.6 Å². The molecule has 20 heavy (non-hydrogen) atoms. The zero-order valence-corrected chi connectivity index (χ0v) is 10.7. The third-order valence-electron chi connectivity index (χ3n) is 2.59. The highest BCUT2D eigenvalue weighted by Crippen LogP contribution is 2.24. The van der Waals surface area contributed by atoms with Gasteiger partial charge in [0.2, 0.25) is 0 Å². The lowest BCUT2D eigenvalue weighted by atomic mass is 10.1. The van der Waals surface area contributed by atoms with Crippen LogP contribution in [0.2, 0.25) is 0 Å². The van der Waals surface area contributed by atoms with E-state index in [4.69, 9.17) is 9.47 Å². The molecule has 0 N–H and O–H groups in total. The van der Waals surface area contributed by atoms with Crippen molar-refractivity contribution in [2.24, 2.45) is 0 Å². The maximum Gasteiger partial charge on any atom is 0.258 e. The molecule has 2 aromatic rings. The Morgan fingerprint density at radius 1 is 1.05 bits per heavy atom.